The van der Waals surface area contributed by atoms with Gasteiger partial charge in [-0.25, -0.2) is 9.03 Å². The third kappa shape index (κ3) is 2.38. The fraction of sp³-hybridized carbons (Fsp3) is 0.111. The topological polar surface area (TPSA) is 89.9 Å². The average Bonchev–Trinajstić information content (AvgIpc) is 2.50. The van der Waals surface area contributed by atoms with Crippen LogP contribution in [0, 0.1) is 0 Å². The monoisotopic (exact) mass is 296 g/mol. The van der Waals surface area contributed by atoms with Gasteiger partial charge in [0.2, 0.25) is 5.88 Å². The van der Waals surface area contributed by atoms with Crippen LogP contribution >= 0.6 is 0 Å². The Balaban J connectivity index is 2.49. The molecule has 0 spiro atoms. The molecule has 19 heavy (non-hydrogen) atoms. The molecule has 6 nitrogen and oxygen atoms in total. The molecule has 0 saturated carbocycles. The van der Waals surface area contributed by atoms with E-state index in [0.29, 0.717) is 16.4 Å². The molecule has 1 aliphatic heterocycles. The first-order valence-electron chi connectivity index (χ1n) is 4.74. The third-order valence-electron chi connectivity index (χ3n) is 2.27. The van der Waals surface area contributed by atoms with Crippen LogP contribution in [0.5, 0.6) is 5.75 Å². The number of hydrogen-bond acceptors (Lipinski definition) is 4. The first-order chi connectivity index (χ1) is 8.61. The number of aliphatic hydroxyl groups is 1. The fourth-order valence-electron chi connectivity index (χ4n) is 1.47. The summed E-state index contributed by atoms with van der Waals surface area (Å²) < 4.78 is 62.2. The number of aromatic hydroxyl groups is 1. The molecule has 3 N–H and O–H groups in total. The van der Waals surface area contributed by atoms with E-state index in [1.54, 1.807) is 4.72 Å². The molecule has 1 aromatic carbocycles. The Morgan fingerprint density at radius 2 is 1.84 bits per heavy atom. The van der Waals surface area contributed by atoms with Crippen LogP contribution in [0.1, 0.15) is 5.56 Å². The Hall–Kier alpha value is -2.10. The van der Waals surface area contributed by atoms with E-state index < -0.39 is 39.3 Å². The summed E-state index contributed by atoms with van der Waals surface area (Å²) >= 11 is 0. The predicted molar refractivity (Wildman–Crippen MR) is 58.4 cm³/mol. The maximum absolute atomic E-state index is 12.4. The standard InChI is InChI=1S/C9H7F3N2O4S/c10-9(11,12)5-1-2-6(7(15)3-5)14-4-8(16)13-19(14,17)18/h1-4,13,15-16H. The summed E-state index contributed by atoms with van der Waals surface area (Å²) in [5, 5.41) is 18.5. The highest BCUT2D eigenvalue weighted by Gasteiger charge is 2.34. The summed E-state index contributed by atoms with van der Waals surface area (Å²) in [6.07, 6.45) is -3.94. The SMILES string of the molecule is O=S1(=O)NC(O)=CN1c1ccc(C(F)(F)F)cc1O. The number of benzene rings is 1. The first-order valence-corrected chi connectivity index (χ1v) is 6.18. The van der Waals surface area contributed by atoms with Gasteiger partial charge >= 0.3 is 16.4 Å². The van der Waals surface area contributed by atoms with Crippen LogP contribution < -0.4 is 9.03 Å². The predicted octanol–water partition coefficient (Wildman–Crippen LogP) is 1.42. The van der Waals surface area contributed by atoms with Crippen molar-refractivity contribution in [3.63, 3.8) is 0 Å². The molecule has 1 heterocycles. The van der Waals surface area contributed by atoms with Crippen LogP contribution in [0.15, 0.2) is 30.3 Å². The third-order valence-corrected chi connectivity index (χ3v) is 3.56. The molecule has 0 atom stereocenters. The lowest BCUT2D eigenvalue weighted by Gasteiger charge is -2.16. The van der Waals surface area contributed by atoms with Crippen molar-refractivity contribution < 1.29 is 31.8 Å². The van der Waals surface area contributed by atoms with E-state index in [1.165, 1.54) is 0 Å². The number of phenols is 1. The molecule has 1 aliphatic rings. The summed E-state index contributed by atoms with van der Waals surface area (Å²) in [6, 6.07) is 1.80. The van der Waals surface area contributed by atoms with Gasteiger partial charge in [0.15, 0.2) is 0 Å². The van der Waals surface area contributed by atoms with E-state index in [1.807, 2.05) is 0 Å². The second-order valence-electron chi connectivity index (χ2n) is 3.62. The largest absolute Gasteiger partial charge is 0.506 e. The van der Waals surface area contributed by atoms with E-state index in [0.717, 1.165) is 12.3 Å². The molecular formula is C9H7F3N2O4S. The van der Waals surface area contributed by atoms with Crippen molar-refractivity contribution in [1.82, 2.24) is 4.72 Å². The minimum atomic E-state index is -4.66. The van der Waals surface area contributed by atoms with Crippen molar-refractivity contribution in [2.45, 2.75) is 6.18 Å². The van der Waals surface area contributed by atoms with E-state index in [9.17, 15) is 26.7 Å². The summed E-state index contributed by atoms with van der Waals surface area (Å²) in [5.74, 6) is -1.59. The molecule has 0 aliphatic carbocycles. The first kappa shape index (κ1) is 13.3. The van der Waals surface area contributed by atoms with Gasteiger partial charge in [-0.15, -0.1) is 0 Å². The van der Waals surface area contributed by atoms with Gasteiger partial charge in [0, 0.05) is 0 Å². The molecule has 104 valence electrons. The number of anilines is 1. The normalized spacial score (nSPS) is 18.1. The molecule has 0 radical (unpaired) electrons. The highest BCUT2D eigenvalue weighted by molar-refractivity contribution is 7.91. The van der Waals surface area contributed by atoms with Gasteiger partial charge in [-0.05, 0) is 18.2 Å². The van der Waals surface area contributed by atoms with Gasteiger partial charge in [0.05, 0.1) is 11.8 Å². The van der Waals surface area contributed by atoms with Crippen molar-refractivity contribution in [1.29, 1.82) is 0 Å². The van der Waals surface area contributed by atoms with Gasteiger partial charge < -0.3 is 10.2 Å². The van der Waals surface area contributed by atoms with Crippen molar-refractivity contribution in [3.05, 3.63) is 35.8 Å². The summed E-state index contributed by atoms with van der Waals surface area (Å²) in [5.41, 5.74) is -1.53. The number of hydrogen-bond donors (Lipinski definition) is 3. The number of nitrogens with one attached hydrogen (secondary N) is 1. The molecule has 0 saturated heterocycles. The van der Waals surface area contributed by atoms with E-state index in [-0.39, 0.29) is 0 Å². The summed E-state index contributed by atoms with van der Waals surface area (Å²) in [6.45, 7) is 0. The zero-order chi connectivity index (χ0) is 14.4. The minimum Gasteiger partial charge on any atom is -0.506 e. The molecule has 0 bridgehead atoms. The zero-order valence-corrected chi connectivity index (χ0v) is 9.83. The van der Waals surface area contributed by atoms with Gasteiger partial charge in [-0.3, -0.25) is 0 Å². The van der Waals surface area contributed by atoms with E-state index >= 15 is 0 Å². The summed E-state index contributed by atoms with van der Waals surface area (Å²) in [7, 11) is -4.16. The molecule has 0 aromatic heterocycles. The minimum absolute atomic E-state index is 0.397. The van der Waals surface area contributed by atoms with Crippen LogP contribution in [0.25, 0.3) is 0 Å². The molecule has 2 rings (SSSR count). The number of aliphatic hydroxyl groups excluding tert-OH is 1. The van der Waals surface area contributed by atoms with Gasteiger partial charge in [0.25, 0.3) is 0 Å². The molecule has 0 unspecified atom stereocenters. The fourth-order valence-corrected chi connectivity index (χ4v) is 2.54. The highest BCUT2D eigenvalue weighted by atomic mass is 32.2. The van der Waals surface area contributed by atoms with Crippen LogP contribution in [-0.4, -0.2) is 18.6 Å². The van der Waals surface area contributed by atoms with Crippen LogP contribution in [0.2, 0.25) is 0 Å². The number of nitrogens with zero attached hydrogens (tertiary/aromatic N) is 1. The Bertz CT molecular complexity index is 654. The van der Waals surface area contributed by atoms with Gasteiger partial charge in [-0.2, -0.15) is 21.6 Å². The lowest BCUT2D eigenvalue weighted by atomic mass is 10.2. The van der Waals surface area contributed by atoms with Crippen molar-refractivity contribution in [3.8, 4) is 5.75 Å². The van der Waals surface area contributed by atoms with Gasteiger partial charge in [0.1, 0.15) is 11.4 Å². The van der Waals surface area contributed by atoms with Gasteiger partial charge in [-0.1, -0.05) is 0 Å². The van der Waals surface area contributed by atoms with E-state index in [2.05, 4.69) is 0 Å². The van der Waals surface area contributed by atoms with Crippen molar-refractivity contribution >= 4 is 15.9 Å². The van der Waals surface area contributed by atoms with Crippen molar-refractivity contribution in [2.24, 2.45) is 0 Å². The molecular weight excluding hydrogens is 289 g/mol. The van der Waals surface area contributed by atoms with Crippen molar-refractivity contribution in [2.75, 3.05) is 4.31 Å². The Morgan fingerprint density at radius 3 is 2.26 bits per heavy atom. The van der Waals surface area contributed by atoms with Crippen LogP contribution in [0.3, 0.4) is 0 Å². The number of alkyl halides is 3. The summed E-state index contributed by atoms with van der Waals surface area (Å²) in [4.78, 5) is 0. The second kappa shape index (κ2) is 3.95. The molecule has 0 amide bonds. The Labute approximate surface area is 105 Å². The molecule has 0 fully saturated rings. The zero-order valence-electron chi connectivity index (χ0n) is 9.01. The number of phenolic OH excluding ortho intramolecular Hbond substituents is 1. The Morgan fingerprint density at radius 1 is 1.21 bits per heavy atom. The highest BCUT2D eigenvalue weighted by Crippen LogP contribution is 2.37. The number of rotatable bonds is 1. The maximum Gasteiger partial charge on any atom is 0.416 e. The Kier molecular flexibility index (Phi) is 2.77. The molecule has 1 aromatic rings. The van der Waals surface area contributed by atoms with Crippen LogP contribution in [0.4, 0.5) is 18.9 Å². The molecule has 10 heteroatoms. The average molecular weight is 296 g/mol. The quantitative estimate of drug-likeness (QED) is 0.731. The lowest BCUT2D eigenvalue weighted by Crippen LogP contribution is -2.29. The number of halogens is 3. The maximum atomic E-state index is 12.4. The lowest BCUT2D eigenvalue weighted by molar-refractivity contribution is -0.137. The van der Waals surface area contributed by atoms with E-state index in [4.69, 9.17) is 5.11 Å². The smallest absolute Gasteiger partial charge is 0.416 e. The van der Waals surface area contributed by atoms with Crippen LogP contribution in [-0.2, 0) is 16.4 Å². The second-order valence-corrected chi connectivity index (χ2v) is 5.17.